The Bertz CT molecular complexity index is 1040. The molecular formula is C21H23N3O3S. The van der Waals surface area contributed by atoms with Crippen molar-refractivity contribution in [3.05, 3.63) is 51.6 Å². The number of carbonyl (C=O) groups excluding carboxylic acids is 1. The molecule has 1 aliphatic rings. The number of likely N-dealkylation sites (N-methyl/N-ethyl adjacent to an activating group) is 1. The topological polar surface area (TPSA) is 56.6 Å². The zero-order valence-corrected chi connectivity index (χ0v) is 17.3. The van der Waals surface area contributed by atoms with Crippen LogP contribution in [-0.4, -0.2) is 34.2 Å². The minimum atomic E-state index is 0.0560. The van der Waals surface area contributed by atoms with E-state index in [1.54, 1.807) is 16.2 Å². The first-order chi connectivity index (χ1) is 13.4. The van der Waals surface area contributed by atoms with Gasteiger partial charge in [0.2, 0.25) is 12.7 Å². The number of aryl methyl sites for hydroxylation is 2. The number of aromatic nitrogens is 2. The number of nitrogens with zero attached hydrogens (tertiary/aromatic N) is 3. The first kappa shape index (κ1) is 18.6. The van der Waals surface area contributed by atoms with Crippen LogP contribution in [0.5, 0.6) is 11.5 Å². The lowest BCUT2D eigenvalue weighted by molar-refractivity contribution is -0.131. The molecule has 0 atom stereocenters. The van der Waals surface area contributed by atoms with Crippen molar-refractivity contribution in [1.29, 1.82) is 0 Å². The van der Waals surface area contributed by atoms with Gasteiger partial charge in [-0.25, -0.2) is 4.98 Å². The third-order valence-corrected chi connectivity index (χ3v) is 5.82. The summed E-state index contributed by atoms with van der Waals surface area (Å²) in [4.78, 5) is 19.2. The molecule has 3 aromatic rings. The van der Waals surface area contributed by atoms with Gasteiger partial charge < -0.3 is 18.9 Å². The molecule has 4 rings (SSSR count). The molecule has 0 saturated carbocycles. The van der Waals surface area contributed by atoms with E-state index >= 15 is 0 Å². The molecule has 2 aromatic heterocycles. The molecule has 1 aliphatic heterocycles. The maximum absolute atomic E-state index is 12.8. The van der Waals surface area contributed by atoms with Crippen LogP contribution in [0.25, 0.3) is 11.3 Å². The number of rotatable bonds is 5. The van der Waals surface area contributed by atoms with Crippen LogP contribution >= 0.6 is 11.3 Å². The Kier molecular flexibility index (Phi) is 4.85. The summed E-state index contributed by atoms with van der Waals surface area (Å²) in [5.41, 5.74) is 5.20. The Morgan fingerprint density at radius 1 is 1.21 bits per heavy atom. The minimum Gasteiger partial charge on any atom is -0.454 e. The largest absolute Gasteiger partial charge is 0.454 e. The quantitative estimate of drug-likeness (QED) is 0.655. The fourth-order valence-electron chi connectivity index (χ4n) is 3.45. The average molecular weight is 398 g/mol. The molecule has 1 amide bonds. The first-order valence-corrected chi connectivity index (χ1v) is 10.0. The van der Waals surface area contributed by atoms with E-state index in [1.165, 1.54) is 0 Å². The minimum absolute atomic E-state index is 0.0560. The molecule has 0 unspecified atom stereocenters. The Morgan fingerprint density at radius 3 is 2.75 bits per heavy atom. The molecule has 0 aliphatic carbocycles. The predicted molar refractivity (Wildman–Crippen MR) is 109 cm³/mol. The van der Waals surface area contributed by atoms with Crippen LogP contribution in [0, 0.1) is 20.8 Å². The molecule has 0 fully saturated rings. The normalized spacial score (nSPS) is 12.4. The maximum Gasteiger partial charge on any atom is 0.242 e. The molecule has 0 saturated heterocycles. The highest BCUT2D eigenvalue weighted by molar-refractivity contribution is 7.09. The van der Waals surface area contributed by atoms with Crippen molar-refractivity contribution in [2.45, 2.75) is 33.9 Å². The van der Waals surface area contributed by atoms with E-state index in [2.05, 4.69) is 21.0 Å². The Labute approximate surface area is 168 Å². The van der Waals surface area contributed by atoms with E-state index in [0.717, 1.165) is 44.7 Å². The van der Waals surface area contributed by atoms with Gasteiger partial charge in [-0.15, -0.1) is 11.3 Å². The Balaban J connectivity index is 1.48. The van der Waals surface area contributed by atoms with Gasteiger partial charge in [0.15, 0.2) is 11.5 Å². The fourth-order valence-corrected chi connectivity index (χ4v) is 4.06. The molecule has 0 spiro atoms. The van der Waals surface area contributed by atoms with Crippen molar-refractivity contribution in [1.82, 2.24) is 14.5 Å². The smallest absolute Gasteiger partial charge is 0.242 e. The van der Waals surface area contributed by atoms with E-state index in [9.17, 15) is 4.79 Å². The van der Waals surface area contributed by atoms with E-state index < -0.39 is 0 Å². The molecule has 28 heavy (non-hydrogen) atoms. The Morgan fingerprint density at radius 2 is 2.00 bits per heavy atom. The zero-order chi connectivity index (χ0) is 19.8. The van der Waals surface area contributed by atoms with E-state index in [0.29, 0.717) is 13.1 Å². The number of benzene rings is 1. The van der Waals surface area contributed by atoms with Crippen LogP contribution in [0.3, 0.4) is 0 Å². The summed E-state index contributed by atoms with van der Waals surface area (Å²) in [6, 6.07) is 7.89. The molecule has 0 N–H and O–H groups in total. The van der Waals surface area contributed by atoms with Gasteiger partial charge in [0, 0.05) is 35.9 Å². The maximum atomic E-state index is 12.8. The number of hydrogen-bond donors (Lipinski definition) is 0. The van der Waals surface area contributed by atoms with Gasteiger partial charge in [0.25, 0.3) is 0 Å². The summed E-state index contributed by atoms with van der Waals surface area (Å²) in [5, 5.41) is 3.11. The fraction of sp³-hybridized carbons (Fsp3) is 0.333. The van der Waals surface area contributed by atoms with Crippen LogP contribution < -0.4 is 9.47 Å². The van der Waals surface area contributed by atoms with Crippen LogP contribution in [-0.2, 0) is 17.9 Å². The number of amides is 1. The highest BCUT2D eigenvalue weighted by Gasteiger charge is 2.18. The summed E-state index contributed by atoms with van der Waals surface area (Å²) in [6.45, 7) is 7.15. The van der Waals surface area contributed by atoms with Gasteiger partial charge in [0.05, 0.1) is 10.7 Å². The zero-order valence-electron chi connectivity index (χ0n) is 16.5. The van der Waals surface area contributed by atoms with Crippen molar-refractivity contribution < 1.29 is 14.3 Å². The van der Waals surface area contributed by atoms with Crippen LogP contribution in [0.4, 0.5) is 0 Å². The number of hydrogen-bond acceptors (Lipinski definition) is 5. The first-order valence-electron chi connectivity index (χ1n) is 9.14. The lowest BCUT2D eigenvalue weighted by atomic mass is 10.2. The van der Waals surface area contributed by atoms with Gasteiger partial charge in [-0.1, -0.05) is 6.07 Å². The number of thiazole rings is 1. The number of carbonyl (C=O) groups is 1. The van der Waals surface area contributed by atoms with E-state index in [-0.39, 0.29) is 12.7 Å². The predicted octanol–water partition coefficient (Wildman–Crippen LogP) is 3.92. The highest BCUT2D eigenvalue weighted by Crippen LogP contribution is 2.33. The van der Waals surface area contributed by atoms with Crippen molar-refractivity contribution in [2.75, 3.05) is 13.8 Å². The van der Waals surface area contributed by atoms with Gasteiger partial charge >= 0.3 is 0 Å². The second kappa shape index (κ2) is 7.31. The summed E-state index contributed by atoms with van der Waals surface area (Å²) < 4.78 is 12.8. The number of ether oxygens (including phenoxy) is 2. The van der Waals surface area contributed by atoms with Gasteiger partial charge in [0.1, 0.15) is 6.54 Å². The SMILES string of the molecule is Cc1nc(-c2cc(C)n(CC(=O)N(C)Cc3ccc4c(c3)OCO4)c2C)cs1. The van der Waals surface area contributed by atoms with Crippen molar-refractivity contribution >= 4 is 17.2 Å². The molecule has 0 bridgehead atoms. The molecule has 6 nitrogen and oxygen atoms in total. The summed E-state index contributed by atoms with van der Waals surface area (Å²) >= 11 is 1.64. The molecule has 1 aromatic carbocycles. The molecule has 0 radical (unpaired) electrons. The summed E-state index contributed by atoms with van der Waals surface area (Å²) in [5.74, 6) is 1.54. The van der Waals surface area contributed by atoms with Crippen LogP contribution in [0.2, 0.25) is 0 Å². The standard InChI is InChI=1S/C21H23N3O3S/c1-13-7-17(18-11-28-15(3)22-18)14(2)24(13)10-21(25)23(4)9-16-5-6-19-20(8-16)27-12-26-19/h5-8,11H,9-10,12H2,1-4H3. The molecule has 146 valence electrons. The molecule has 3 heterocycles. The third-order valence-electron chi connectivity index (χ3n) is 5.04. The highest BCUT2D eigenvalue weighted by atomic mass is 32.1. The summed E-state index contributed by atoms with van der Waals surface area (Å²) in [7, 11) is 1.83. The third kappa shape index (κ3) is 3.49. The van der Waals surface area contributed by atoms with Crippen molar-refractivity contribution in [3.63, 3.8) is 0 Å². The Hall–Kier alpha value is -2.80. The second-order valence-electron chi connectivity index (χ2n) is 7.06. The molecule has 7 heteroatoms. The van der Waals surface area contributed by atoms with Crippen molar-refractivity contribution in [3.8, 4) is 22.8 Å². The average Bonchev–Trinajstić information content (AvgIpc) is 3.36. The summed E-state index contributed by atoms with van der Waals surface area (Å²) in [6.07, 6.45) is 0. The lowest BCUT2D eigenvalue weighted by Crippen LogP contribution is -2.30. The van der Waals surface area contributed by atoms with Gasteiger partial charge in [-0.05, 0) is 44.5 Å². The second-order valence-corrected chi connectivity index (χ2v) is 8.12. The van der Waals surface area contributed by atoms with Crippen molar-refractivity contribution in [2.24, 2.45) is 0 Å². The molecular weight excluding hydrogens is 374 g/mol. The van der Waals surface area contributed by atoms with Crippen LogP contribution in [0.15, 0.2) is 29.6 Å². The van der Waals surface area contributed by atoms with Gasteiger partial charge in [-0.3, -0.25) is 4.79 Å². The monoisotopic (exact) mass is 397 g/mol. The van der Waals surface area contributed by atoms with Crippen LogP contribution in [0.1, 0.15) is 22.0 Å². The van der Waals surface area contributed by atoms with E-state index in [4.69, 9.17) is 9.47 Å². The lowest BCUT2D eigenvalue weighted by Gasteiger charge is -2.19. The van der Waals surface area contributed by atoms with Gasteiger partial charge in [-0.2, -0.15) is 0 Å². The number of fused-ring (bicyclic) bond motifs is 1. The van der Waals surface area contributed by atoms with E-state index in [1.807, 2.05) is 46.0 Å².